The molecule has 208 valence electrons. The van der Waals surface area contributed by atoms with E-state index in [9.17, 15) is 18.0 Å². The van der Waals surface area contributed by atoms with Crippen LogP contribution in [0.1, 0.15) is 30.5 Å². The van der Waals surface area contributed by atoms with E-state index in [1.165, 1.54) is 11.0 Å². The second-order valence-electron chi connectivity index (χ2n) is 9.72. The Kier molecular flexibility index (Phi) is 10.6. The number of hydrogen-bond donors (Lipinski definition) is 1. The van der Waals surface area contributed by atoms with Crippen LogP contribution < -0.4 is 9.62 Å². The molecule has 0 fully saturated rings. The Hall–Kier alpha value is -2.88. The van der Waals surface area contributed by atoms with E-state index < -0.39 is 28.5 Å². The average molecular weight is 635 g/mol. The third-order valence-corrected chi connectivity index (χ3v) is 8.11. The van der Waals surface area contributed by atoms with Gasteiger partial charge in [0.1, 0.15) is 12.6 Å². The fraction of sp³-hybridized carbons (Fsp3) is 0.310. The van der Waals surface area contributed by atoms with Crippen LogP contribution in [0.15, 0.2) is 77.3 Å². The molecule has 2 amide bonds. The van der Waals surface area contributed by atoms with Gasteiger partial charge >= 0.3 is 0 Å². The van der Waals surface area contributed by atoms with Crippen molar-refractivity contribution in [3.63, 3.8) is 0 Å². The second-order valence-corrected chi connectivity index (χ2v) is 13.0. The Labute approximate surface area is 244 Å². The second kappa shape index (κ2) is 13.5. The van der Waals surface area contributed by atoms with Crippen LogP contribution in [0.5, 0.6) is 0 Å². The summed E-state index contributed by atoms with van der Waals surface area (Å²) in [5.41, 5.74) is 2.72. The van der Waals surface area contributed by atoms with Gasteiger partial charge in [-0.3, -0.25) is 13.9 Å². The minimum atomic E-state index is -3.86. The van der Waals surface area contributed by atoms with Crippen molar-refractivity contribution in [2.75, 3.05) is 17.1 Å². The van der Waals surface area contributed by atoms with Crippen LogP contribution >= 0.6 is 27.5 Å². The molecule has 0 bridgehead atoms. The van der Waals surface area contributed by atoms with Crippen LogP contribution in [0.3, 0.4) is 0 Å². The summed E-state index contributed by atoms with van der Waals surface area (Å²) < 4.78 is 27.6. The third kappa shape index (κ3) is 8.81. The van der Waals surface area contributed by atoms with Gasteiger partial charge in [-0.1, -0.05) is 76.1 Å². The van der Waals surface area contributed by atoms with Crippen LogP contribution in [0.2, 0.25) is 5.02 Å². The standard InChI is InChI=1S/C29H33BrClN3O4S/c1-20(2)32-29(36)27(16-22-9-6-5-7-10-22)33(18-23-11-8-12-24(30)15-23)28(35)19-34(39(4,37)38)25-14-13-21(3)26(31)17-25/h5-15,17,20,27H,16,18-19H2,1-4H3,(H,32,36). The Morgan fingerprint density at radius 1 is 0.974 bits per heavy atom. The molecule has 0 heterocycles. The van der Waals surface area contributed by atoms with Gasteiger partial charge in [0.25, 0.3) is 0 Å². The molecule has 0 saturated heterocycles. The molecule has 3 aromatic carbocycles. The third-order valence-electron chi connectivity index (χ3n) is 6.07. The minimum Gasteiger partial charge on any atom is -0.352 e. The van der Waals surface area contributed by atoms with Gasteiger partial charge in [0.15, 0.2) is 0 Å². The lowest BCUT2D eigenvalue weighted by Crippen LogP contribution is -2.54. The van der Waals surface area contributed by atoms with Gasteiger partial charge in [0, 0.05) is 28.5 Å². The zero-order chi connectivity index (χ0) is 28.7. The van der Waals surface area contributed by atoms with E-state index >= 15 is 0 Å². The number of nitrogens with zero attached hydrogens (tertiary/aromatic N) is 2. The Morgan fingerprint density at radius 2 is 1.64 bits per heavy atom. The molecule has 3 aromatic rings. The lowest BCUT2D eigenvalue weighted by Gasteiger charge is -2.34. The Balaban J connectivity index is 2.07. The summed E-state index contributed by atoms with van der Waals surface area (Å²) in [6, 6.07) is 20.7. The molecule has 0 aliphatic carbocycles. The molecule has 3 rings (SSSR count). The number of hydrogen-bond acceptors (Lipinski definition) is 4. The number of anilines is 1. The number of carbonyl (C=O) groups is 2. The summed E-state index contributed by atoms with van der Waals surface area (Å²) in [6.45, 7) is 5.12. The minimum absolute atomic E-state index is 0.105. The molecule has 0 spiro atoms. The molecule has 1 N–H and O–H groups in total. The number of amides is 2. The van der Waals surface area contributed by atoms with Gasteiger partial charge < -0.3 is 10.2 Å². The number of nitrogens with one attached hydrogen (secondary N) is 1. The first-order chi connectivity index (χ1) is 18.3. The normalized spacial score (nSPS) is 12.2. The van der Waals surface area contributed by atoms with Crippen LogP contribution in [0.4, 0.5) is 5.69 Å². The van der Waals surface area contributed by atoms with Crippen molar-refractivity contribution in [3.8, 4) is 0 Å². The maximum absolute atomic E-state index is 14.0. The van der Waals surface area contributed by atoms with Gasteiger partial charge in [-0.05, 0) is 61.7 Å². The predicted molar refractivity (Wildman–Crippen MR) is 160 cm³/mol. The summed E-state index contributed by atoms with van der Waals surface area (Å²) in [5, 5.41) is 3.32. The van der Waals surface area contributed by atoms with Crippen LogP contribution in [0, 0.1) is 6.92 Å². The average Bonchev–Trinajstić information content (AvgIpc) is 2.86. The van der Waals surface area contributed by atoms with E-state index in [0.29, 0.717) is 5.02 Å². The molecule has 0 aliphatic heterocycles. The van der Waals surface area contributed by atoms with Crippen molar-refractivity contribution < 1.29 is 18.0 Å². The molecule has 0 aliphatic rings. The van der Waals surface area contributed by atoms with Crippen LogP contribution in [0.25, 0.3) is 0 Å². The van der Waals surface area contributed by atoms with Gasteiger partial charge in [0.05, 0.1) is 11.9 Å². The zero-order valence-corrected chi connectivity index (χ0v) is 25.6. The van der Waals surface area contributed by atoms with E-state index in [-0.39, 0.29) is 30.6 Å². The van der Waals surface area contributed by atoms with E-state index in [1.807, 2.05) is 75.4 Å². The molecule has 10 heteroatoms. The van der Waals surface area contributed by atoms with Crippen molar-refractivity contribution in [3.05, 3.63) is 99.0 Å². The topological polar surface area (TPSA) is 86.8 Å². The quantitative estimate of drug-likeness (QED) is 0.309. The molecule has 1 unspecified atom stereocenters. The zero-order valence-electron chi connectivity index (χ0n) is 22.4. The molecular weight excluding hydrogens is 602 g/mol. The van der Waals surface area contributed by atoms with Crippen molar-refractivity contribution in [1.82, 2.24) is 10.2 Å². The number of sulfonamides is 1. The molecule has 0 saturated carbocycles. The summed E-state index contributed by atoms with van der Waals surface area (Å²) >= 11 is 9.75. The summed E-state index contributed by atoms with van der Waals surface area (Å²) in [6.07, 6.45) is 1.30. The SMILES string of the molecule is Cc1ccc(N(CC(=O)N(Cc2cccc(Br)c2)C(Cc2ccccc2)C(=O)NC(C)C)S(C)(=O)=O)cc1Cl. The predicted octanol–water partition coefficient (Wildman–Crippen LogP) is 5.34. The van der Waals surface area contributed by atoms with Crippen molar-refractivity contribution in [2.24, 2.45) is 0 Å². The van der Waals surface area contributed by atoms with Gasteiger partial charge in [-0.25, -0.2) is 8.42 Å². The van der Waals surface area contributed by atoms with E-state index in [2.05, 4.69) is 21.2 Å². The molecule has 1 atom stereocenters. The maximum atomic E-state index is 14.0. The van der Waals surface area contributed by atoms with Crippen molar-refractivity contribution in [1.29, 1.82) is 0 Å². The summed E-state index contributed by atoms with van der Waals surface area (Å²) in [4.78, 5) is 29.0. The van der Waals surface area contributed by atoms with Crippen LogP contribution in [-0.2, 0) is 32.6 Å². The van der Waals surface area contributed by atoms with Crippen molar-refractivity contribution >= 4 is 55.1 Å². The van der Waals surface area contributed by atoms with E-state index in [0.717, 1.165) is 31.7 Å². The number of rotatable bonds is 11. The monoisotopic (exact) mass is 633 g/mol. The number of aryl methyl sites for hydroxylation is 1. The first-order valence-corrected chi connectivity index (χ1v) is 15.5. The summed E-state index contributed by atoms with van der Waals surface area (Å²) in [7, 11) is -3.86. The maximum Gasteiger partial charge on any atom is 0.244 e. The summed E-state index contributed by atoms with van der Waals surface area (Å²) in [5.74, 6) is -0.835. The van der Waals surface area contributed by atoms with Crippen LogP contribution in [-0.4, -0.2) is 50.0 Å². The molecule has 0 aromatic heterocycles. The fourth-order valence-corrected chi connectivity index (χ4v) is 5.58. The fourth-order valence-electron chi connectivity index (χ4n) is 4.12. The Morgan fingerprint density at radius 3 is 2.23 bits per heavy atom. The van der Waals surface area contributed by atoms with E-state index in [1.54, 1.807) is 12.1 Å². The Bertz CT molecular complexity index is 1420. The number of halogens is 2. The first kappa shape index (κ1) is 30.7. The lowest BCUT2D eigenvalue weighted by molar-refractivity contribution is -0.140. The van der Waals surface area contributed by atoms with Gasteiger partial charge in [-0.15, -0.1) is 0 Å². The van der Waals surface area contributed by atoms with E-state index in [4.69, 9.17) is 11.6 Å². The molecule has 0 radical (unpaired) electrons. The highest BCUT2D eigenvalue weighted by Gasteiger charge is 2.33. The highest BCUT2D eigenvalue weighted by atomic mass is 79.9. The van der Waals surface area contributed by atoms with Gasteiger partial charge in [-0.2, -0.15) is 0 Å². The highest BCUT2D eigenvalue weighted by Crippen LogP contribution is 2.26. The van der Waals surface area contributed by atoms with Crippen molar-refractivity contribution in [2.45, 2.75) is 45.8 Å². The first-order valence-electron chi connectivity index (χ1n) is 12.5. The smallest absolute Gasteiger partial charge is 0.244 e. The number of carbonyl (C=O) groups excluding carboxylic acids is 2. The number of benzene rings is 3. The largest absolute Gasteiger partial charge is 0.352 e. The lowest BCUT2D eigenvalue weighted by atomic mass is 10.0. The molecule has 39 heavy (non-hydrogen) atoms. The molecular formula is C29H33BrClN3O4S. The highest BCUT2D eigenvalue weighted by molar-refractivity contribution is 9.10. The van der Waals surface area contributed by atoms with Gasteiger partial charge in [0.2, 0.25) is 21.8 Å². The molecule has 7 nitrogen and oxygen atoms in total.